The average Bonchev–Trinajstić information content (AvgIpc) is 3.87. The number of carbonyl (C=O) groups is 8. The number of esters is 2. The van der Waals surface area contributed by atoms with Crippen molar-refractivity contribution in [3.63, 3.8) is 0 Å². The van der Waals surface area contributed by atoms with Crippen molar-refractivity contribution in [2.45, 2.75) is 110 Å². The number of rotatable bonds is 23. The molecule has 0 radical (unpaired) electrons. The lowest BCUT2D eigenvalue weighted by Crippen LogP contribution is -2.60. The van der Waals surface area contributed by atoms with Crippen LogP contribution < -0.4 is 37.2 Å². The van der Waals surface area contributed by atoms with Gasteiger partial charge in [0.2, 0.25) is 42.9 Å². The highest BCUT2D eigenvalue weighted by atomic mass is 31.2. The number of carbonyl (C=O) groups excluding carboxylic acids is 8. The topological polar surface area (TPSA) is 322 Å². The molecule has 1 aliphatic heterocycles. The van der Waals surface area contributed by atoms with E-state index in [1.165, 1.54) is 45.1 Å². The Hall–Kier alpha value is -4.92. The van der Waals surface area contributed by atoms with Gasteiger partial charge in [-0.1, -0.05) is 20.8 Å². The van der Waals surface area contributed by atoms with E-state index in [2.05, 4.69) is 41.4 Å². The van der Waals surface area contributed by atoms with Crippen LogP contribution in [0.5, 0.6) is 0 Å². The molecule has 1 saturated heterocycles. The van der Waals surface area contributed by atoms with Gasteiger partial charge >= 0.3 is 11.9 Å². The molecule has 8 unspecified atom stereocenters. The van der Waals surface area contributed by atoms with Gasteiger partial charge in [0.25, 0.3) is 0 Å². The highest BCUT2D eigenvalue weighted by Gasteiger charge is 2.39. The first-order chi connectivity index (χ1) is 27.2. The number of methoxy groups -OCH3 is 2. The SMILES string of the molecule is COC(=O)C(C)NP(=O)(CC(C)C(NC(=O)C(CO)NC(=O)C(Cc1cnc[nH]1)NC(=O)C(CC(C)C)NC(=O)C1CCCN1C(C)=O)C(N)=O)NC(C)C(=O)OC. The second-order valence-electron chi connectivity index (χ2n) is 14.7. The monoisotopic (exact) mass is 842 g/mol. The third-order valence-corrected chi connectivity index (χ3v) is 12.1. The number of likely N-dealkylation sites (tertiary alicyclic amines) is 1. The zero-order valence-electron chi connectivity index (χ0n) is 34.2. The molecule has 23 heteroatoms. The Labute approximate surface area is 337 Å². The maximum atomic E-state index is 14.1. The van der Waals surface area contributed by atoms with E-state index in [4.69, 9.17) is 15.2 Å². The number of primary amides is 1. The Morgan fingerprint density at radius 1 is 0.897 bits per heavy atom. The number of imidazole rings is 1. The summed E-state index contributed by atoms with van der Waals surface area (Å²) in [5, 5.41) is 25.5. The van der Waals surface area contributed by atoms with E-state index in [-0.39, 0.29) is 24.7 Å². The van der Waals surface area contributed by atoms with Crippen LogP contribution in [0.3, 0.4) is 0 Å². The van der Waals surface area contributed by atoms with E-state index in [1.807, 2.05) is 13.8 Å². The average molecular weight is 843 g/mol. The molecule has 326 valence electrons. The van der Waals surface area contributed by atoms with Crippen LogP contribution >= 0.6 is 7.44 Å². The molecule has 6 amide bonds. The fourth-order valence-corrected chi connectivity index (χ4v) is 9.21. The van der Waals surface area contributed by atoms with Crippen LogP contribution in [-0.4, -0.2) is 143 Å². The molecule has 0 aromatic carbocycles. The third kappa shape index (κ3) is 14.8. The van der Waals surface area contributed by atoms with Crippen molar-refractivity contribution in [2.24, 2.45) is 17.6 Å². The standard InChI is InChI=1S/C35H59N10O12P/c1-18(2)12-24(40-33(52)27-10-9-11-45(27)22(6)47)30(49)39-25(13-23-14-37-17-38-23)31(50)41-26(15-46)32(51)42-28(29(36)48)19(3)16-58(55,43-20(4)34(53)56-7)44-21(5)35(54)57-8/h14,17-21,24-28,46H,9-13,15-16H2,1-8H3,(H2,36,48)(H,37,38)(H,39,49)(H,40,52)(H,41,50)(H,42,51)(H2,43,44,55). The number of hydrogen-bond donors (Lipinski definition) is 9. The largest absolute Gasteiger partial charge is 0.468 e. The minimum Gasteiger partial charge on any atom is -0.468 e. The number of aliphatic hydroxyl groups is 1. The minimum atomic E-state index is -3.98. The molecule has 1 aromatic rings. The second-order valence-corrected chi connectivity index (χ2v) is 17.0. The molecule has 8 atom stereocenters. The number of aliphatic hydroxyl groups excluding tert-OH is 1. The smallest absolute Gasteiger partial charge is 0.322 e. The summed E-state index contributed by atoms with van der Waals surface area (Å²) >= 11 is 0. The van der Waals surface area contributed by atoms with Crippen molar-refractivity contribution >= 4 is 54.8 Å². The molecule has 0 bridgehead atoms. The number of amides is 6. The second kappa shape index (κ2) is 22.9. The molecule has 22 nitrogen and oxygen atoms in total. The summed E-state index contributed by atoms with van der Waals surface area (Å²) < 4.78 is 23.5. The van der Waals surface area contributed by atoms with Crippen LogP contribution in [0.15, 0.2) is 12.5 Å². The molecule has 1 aromatic heterocycles. The summed E-state index contributed by atoms with van der Waals surface area (Å²) in [6.07, 6.45) is 3.35. The molecule has 0 saturated carbocycles. The Morgan fingerprint density at radius 2 is 1.45 bits per heavy atom. The van der Waals surface area contributed by atoms with Crippen molar-refractivity contribution in [3.8, 4) is 0 Å². The van der Waals surface area contributed by atoms with Gasteiger partial charge in [0.1, 0.15) is 42.3 Å². The number of nitrogens with one attached hydrogen (secondary N) is 7. The number of aromatic nitrogens is 2. The van der Waals surface area contributed by atoms with Gasteiger partial charge in [0, 0.05) is 37.9 Å². The van der Waals surface area contributed by atoms with E-state index in [9.17, 15) is 48.0 Å². The number of nitrogens with two attached hydrogens (primary N) is 1. The van der Waals surface area contributed by atoms with Crippen molar-refractivity contribution < 1.29 is 57.5 Å². The van der Waals surface area contributed by atoms with E-state index in [1.54, 1.807) is 0 Å². The summed E-state index contributed by atoms with van der Waals surface area (Å²) in [5.74, 6) is -7.30. The van der Waals surface area contributed by atoms with Gasteiger partial charge < -0.3 is 51.5 Å². The summed E-state index contributed by atoms with van der Waals surface area (Å²) in [6.45, 7) is 8.59. The number of H-pyrrole nitrogens is 1. The lowest BCUT2D eigenvalue weighted by Gasteiger charge is -2.31. The zero-order valence-corrected chi connectivity index (χ0v) is 35.1. The number of ether oxygens (including phenoxy) is 2. The van der Waals surface area contributed by atoms with Crippen molar-refractivity contribution in [3.05, 3.63) is 18.2 Å². The van der Waals surface area contributed by atoms with Crippen molar-refractivity contribution in [2.75, 3.05) is 33.5 Å². The van der Waals surface area contributed by atoms with Crippen LogP contribution in [0.2, 0.25) is 0 Å². The van der Waals surface area contributed by atoms with Gasteiger partial charge in [-0.05, 0) is 44.9 Å². The van der Waals surface area contributed by atoms with Crippen LogP contribution in [0.4, 0.5) is 0 Å². The van der Waals surface area contributed by atoms with Gasteiger partial charge in [0.05, 0.1) is 27.2 Å². The molecule has 0 spiro atoms. The Morgan fingerprint density at radius 3 is 1.93 bits per heavy atom. The van der Waals surface area contributed by atoms with Gasteiger partial charge in [0.15, 0.2) is 0 Å². The molecular weight excluding hydrogens is 783 g/mol. The predicted molar refractivity (Wildman–Crippen MR) is 207 cm³/mol. The summed E-state index contributed by atoms with van der Waals surface area (Å²) in [6, 6.07) is -8.80. The van der Waals surface area contributed by atoms with Gasteiger partial charge in [-0.2, -0.15) is 0 Å². The summed E-state index contributed by atoms with van der Waals surface area (Å²) in [7, 11) is -1.74. The zero-order chi connectivity index (χ0) is 43.9. The van der Waals surface area contributed by atoms with Crippen molar-refractivity contribution in [1.29, 1.82) is 0 Å². The van der Waals surface area contributed by atoms with Gasteiger partial charge in [-0.25, -0.2) is 15.2 Å². The molecule has 1 fully saturated rings. The maximum Gasteiger partial charge on any atom is 0.322 e. The Bertz CT molecular complexity index is 1630. The fraction of sp³-hybridized carbons (Fsp3) is 0.686. The number of aromatic amines is 1. The van der Waals surface area contributed by atoms with E-state index < -0.39 is 110 Å². The van der Waals surface area contributed by atoms with Crippen LogP contribution in [-0.2, 0) is 58.8 Å². The minimum absolute atomic E-state index is 0.0838. The normalized spacial score (nSPS) is 18.6. The lowest BCUT2D eigenvalue weighted by molar-refractivity contribution is -0.142. The lowest BCUT2D eigenvalue weighted by atomic mass is 10.0. The maximum absolute atomic E-state index is 14.1. The number of nitrogens with zero attached hydrogens (tertiary/aromatic N) is 2. The van der Waals surface area contributed by atoms with Gasteiger partial charge in [-0.15, -0.1) is 0 Å². The third-order valence-electron chi connectivity index (χ3n) is 9.36. The molecule has 1 aliphatic rings. The number of hydrogen-bond acceptors (Lipinski definition) is 13. The Balaban J connectivity index is 2.30. The molecule has 58 heavy (non-hydrogen) atoms. The summed E-state index contributed by atoms with van der Waals surface area (Å²) in [4.78, 5) is 112. The highest BCUT2D eigenvalue weighted by Crippen LogP contribution is 2.40. The van der Waals surface area contributed by atoms with Crippen molar-refractivity contribution in [1.82, 2.24) is 46.3 Å². The Kier molecular flexibility index (Phi) is 19.4. The molecule has 0 aliphatic carbocycles. The highest BCUT2D eigenvalue weighted by molar-refractivity contribution is 7.60. The first-order valence-corrected chi connectivity index (χ1v) is 20.7. The summed E-state index contributed by atoms with van der Waals surface area (Å²) in [5.41, 5.74) is 6.05. The van der Waals surface area contributed by atoms with Crippen LogP contribution in [0.1, 0.15) is 66.5 Å². The quantitative estimate of drug-likeness (QED) is 0.0408. The van der Waals surface area contributed by atoms with Crippen LogP contribution in [0, 0.1) is 11.8 Å². The van der Waals surface area contributed by atoms with E-state index >= 15 is 0 Å². The predicted octanol–water partition coefficient (Wildman–Crippen LogP) is -2.44. The molecule has 2 heterocycles. The van der Waals surface area contributed by atoms with Crippen LogP contribution in [0.25, 0.3) is 0 Å². The molecule has 2 rings (SSSR count). The molecule has 10 N–H and O–H groups in total. The molecular formula is C35H59N10O12P. The first kappa shape index (κ1) is 49.2. The van der Waals surface area contributed by atoms with E-state index in [0.29, 0.717) is 25.1 Å². The van der Waals surface area contributed by atoms with E-state index in [0.717, 1.165) is 14.2 Å². The fourth-order valence-electron chi connectivity index (χ4n) is 6.44. The van der Waals surface area contributed by atoms with Gasteiger partial charge in [-0.3, -0.25) is 42.9 Å². The first-order valence-electron chi connectivity index (χ1n) is 18.8.